The van der Waals surface area contributed by atoms with Crippen LogP contribution in [0.15, 0.2) is 45.8 Å². The van der Waals surface area contributed by atoms with Crippen LogP contribution in [0.25, 0.3) is 6.08 Å². The van der Waals surface area contributed by atoms with Crippen molar-refractivity contribution >= 4 is 61.9 Å². The number of amides is 1. The van der Waals surface area contributed by atoms with Gasteiger partial charge in [-0.25, -0.2) is 0 Å². The van der Waals surface area contributed by atoms with Gasteiger partial charge in [-0.2, -0.15) is 0 Å². The second kappa shape index (κ2) is 8.82. The largest absolute Gasteiger partial charge is 0.493 e. The van der Waals surface area contributed by atoms with E-state index in [1.54, 1.807) is 19.3 Å². The Balaban J connectivity index is 2.02. The van der Waals surface area contributed by atoms with Crippen LogP contribution in [0, 0.1) is 19.3 Å². The summed E-state index contributed by atoms with van der Waals surface area (Å²) in [6.45, 7) is 2.06. The predicted octanol–water partition coefficient (Wildman–Crippen LogP) is 5.18. The molecule has 0 radical (unpaired) electrons. The molecule has 4 nitrogen and oxygen atoms in total. The number of nitrogens with zero attached hydrogens (tertiary/aromatic N) is 1. The predicted molar refractivity (Wildman–Crippen MR) is 122 cm³/mol. The molecule has 28 heavy (non-hydrogen) atoms. The zero-order valence-corrected chi connectivity index (χ0v) is 18.4. The molecule has 0 N–H and O–H groups in total. The summed E-state index contributed by atoms with van der Waals surface area (Å²) < 4.78 is 12.3. The molecule has 7 heteroatoms. The third-order valence-corrected chi connectivity index (χ3v) is 5.67. The van der Waals surface area contributed by atoms with Gasteiger partial charge in [0.2, 0.25) is 0 Å². The van der Waals surface area contributed by atoms with Gasteiger partial charge in [0.25, 0.3) is 5.91 Å². The summed E-state index contributed by atoms with van der Waals surface area (Å²) in [5.41, 5.74) is 2.48. The molecule has 0 saturated carbocycles. The van der Waals surface area contributed by atoms with E-state index in [0.717, 1.165) is 15.7 Å². The number of ether oxygens (including phenoxy) is 2. The van der Waals surface area contributed by atoms with E-state index >= 15 is 0 Å². The van der Waals surface area contributed by atoms with Gasteiger partial charge in [-0.15, -0.1) is 6.42 Å². The molecule has 1 aliphatic heterocycles. The van der Waals surface area contributed by atoms with Crippen LogP contribution in [-0.4, -0.2) is 23.9 Å². The van der Waals surface area contributed by atoms with E-state index < -0.39 is 0 Å². The van der Waals surface area contributed by atoms with E-state index in [1.165, 1.54) is 16.7 Å². The summed E-state index contributed by atoms with van der Waals surface area (Å²) in [6, 6.07) is 11.3. The highest BCUT2D eigenvalue weighted by molar-refractivity contribution is 9.10. The average molecular weight is 474 g/mol. The van der Waals surface area contributed by atoms with Crippen LogP contribution < -0.4 is 14.4 Å². The van der Waals surface area contributed by atoms with Crippen LogP contribution >= 0.6 is 39.9 Å². The highest BCUT2D eigenvalue weighted by Gasteiger charge is 2.33. The van der Waals surface area contributed by atoms with Gasteiger partial charge in [0, 0.05) is 10.0 Å². The Morgan fingerprint density at radius 1 is 1.36 bits per heavy atom. The minimum absolute atomic E-state index is 0.0864. The van der Waals surface area contributed by atoms with Crippen LogP contribution in [0.3, 0.4) is 0 Å². The van der Waals surface area contributed by atoms with E-state index in [9.17, 15) is 4.79 Å². The average Bonchev–Trinajstić information content (AvgIpc) is 2.93. The van der Waals surface area contributed by atoms with Gasteiger partial charge < -0.3 is 9.47 Å². The molecule has 1 fully saturated rings. The first kappa shape index (κ1) is 20.5. The molecule has 1 amide bonds. The number of aryl methyl sites for hydroxylation is 1. The lowest BCUT2D eigenvalue weighted by molar-refractivity contribution is -0.113. The maximum atomic E-state index is 13.0. The van der Waals surface area contributed by atoms with Gasteiger partial charge in [-0.3, -0.25) is 9.69 Å². The lowest BCUT2D eigenvalue weighted by atomic mass is 10.1. The van der Waals surface area contributed by atoms with Gasteiger partial charge in [-0.05, 0) is 42.8 Å². The second-order valence-corrected chi connectivity index (χ2v) is 8.47. The van der Waals surface area contributed by atoms with Crippen LogP contribution in [0.2, 0.25) is 0 Å². The van der Waals surface area contributed by atoms with Crippen molar-refractivity contribution in [3.05, 3.63) is 56.9 Å². The normalized spacial score (nSPS) is 15.1. The van der Waals surface area contributed by atoms with E-state index in [-0.39, 0.29) is 12.5 Å². The van der Waals surface area contributed by atoms with Crippen molar-refractivity contribution in [3.63, 3.8) is 0 Å². The zero-order valence-electron chi connectivity index (χ0n) is 15.2. The first-order valence-corrected chi connectivity index (χ1v) is 10.2. The summed E-state index contributed by atoms with van der Waals surface area (Å²) in [5, 5.41) is 0. The fourth-order valence-electron chi connectivity index (χ4n) is 2.71. The van der Waals surface area contributed by atoms with E-state index in [2.05, 4.69) is 21.9 Å². The highest BCUT2D eigenvalue weighted by Crippen LogP contribution is 2.40. The number of rotatable bonds is 5. The molecule has 0 aromatic heterocycles. The van der Waals surface area contributed by atoms with Gasteiger partial charge in [0.15, 0.2) is 15.8 Å². The number of halogens is 1. The van der Waals surface area contributed by atoms with Crippen LogP contribution in [0.1, 0.15) is 11.1 Å². The number of methoxy groups -OCH3 is 1. The molecule has 2 aromatic rings. The standard InChI is InChI=1S/C21H16BrNO3S2/c1-4-8-26-19-14(10-15(22)12-17(19)25-3)11-18-20(24)23(21(27)28-18)16-7-5-6-13(2)9-16/h1,5-7,9-12H,8H2,2-3H3/b18-11-. The molecule has 0 spiro atoms. The SMILES string of the molecule is C#CCOc1c(/C=C2\SC(=S)N(c3cccc(C)c3)C2=O)cc(Br)cc1OC. The molecule has 1 aliphatic rings. The molecule has 1 saturated heterocycles. The molecular weight excluding hydrogens is 458 g/mol. The summed E-state index contributed by atoms with van der Waals surface area (Å²) in [7, 11) is 1.55. The van der Waals surface area contributed by atoms with Gasteiger partial charge >= 0.3 is 0 Å². The Labute approximate surface area is 182 Å². The number of thioether (sulfide) groups is 1. The smallest absolute Gasteiger partial charge is 0.270 e. The summed E-state index contributed by atoms with van der Waals surface area (Å²) in [5.74, 6) is 3.26. The Morgan fingerprint density at radius 2 is 2.14 bits per heavy atom. The Bertz CT molecular complexity index is 1030. The highest BCUT2D eigenvalue weighted by atomic mass is 79.9. The van der Waals surface area contributed by atoms with Crippen LogP contribution in [-0.2, 0) is 4.79 Å². The first-order valence-electron chi connectivity index (χ1n) is 8.23. The third kappa shape index (κ3) is 4.25. The van der Waals surface area contributed by atoms with Crippen LogP contribution in [0.4, 0.5) is 5.69 Å². The molecular formula is C21H16BrNO3S2. The number of hydrogen-bond acceptors (Lipinski definition) is 5. The Kier molecular flexibility index (Phi) is 6.45. The maximum Gasteiger partial charge on any atom is 0.270 e. The second-order valence-electron chi connectivity index (χ2n) is 5.88. The number of carbonyl (C=O) groups excluding carboxylic acids is 1. The molecule has 0 unspecified atom stereocenters. The third-order valence-electron chi connectivity index (χ3n) is 3.91. The molecule has 2 aromatic carbocycles. The topological polar surface area (TPSA) is 38.8 Å². The summed E-state index contributed by atoms with van der Waals surface area (Å²) >= 11 is 10.2. The van der Waals surface area contributed by atoms with Gasteiger partial charge in [0.1, 0.15) is 6.61 Å². The van der Waals surface area contributed by atoms with Crippen molar-refractivity contribution in [2.45, 2.75) is 6.92 Å². The molecule has 3 rings (SSSR count). The number of anilines is 1. The fourth-order valence-corrected chi connectivity index (χ4v) is 4.46. The Morgan fingerprint density at radius 3 is 2.82 bits per heavy atom. The first-order chi connectivity index (χ1) is 13.4. The maximum absolute atomic E-state index is 13.0. The Hall–Kier alpha value is -2.27. The molecule has 0 atom stereocenters. The summed E-state index contributed by atoms with van der Waals surface area (Å²) in [4.78, 5) is 15.1. The number of benzene rings is 2. The number of hydrogen-bond donors (Lipinski definition) is 0. The fraction of sp³-hybridized carbons (Fsp3) is 0.143. The van der Waals surface area contributed by atoms with Crippen molar-refractivity contribution in [1.82, 2.24) is 0 Å². The van der Waals surface area contributed by atoms with E-state index in [1.807, 2.05) is 37.3 Å². The lowest BCUT2D eigenvalue weighted by Gasteiger charge is -2.15. The van der Waals surface area contributed by atoms with Crippen molar-refractivity contribution in [3.8, 4) is 23.8 Å². The number of carbonyl (C=O) groups is 1. The number of thiocarbonyl (C=S) groups is 1. The lowest BCUT2D eigenvalue weighted by Crippen LogP contribution is -2.27. The van der Waals surface area contributed by atoms with Crippen LogP contribution in [0.5, 0.6) is 11.5 Å². The quantitative estimate of drug-likeness (QED) is 0.339. The molecule has 142 valence electrons. The van der Waals surface area contributed by atoms with E-state index in [4.69, 9.17) is 28.1 Å². The minimum Gasteiger partial charge on any atom is -0.493 e. The van der Waals surface area contributed by atoms with Crippen molar-refractivity contribution in [2.75, 3.05) is 18.6 Å². The zero-order chi connectivity index (χ0) is 20.3. The molecule has 1 heterocycles. The number of terminal acetylenes is 1. The monoisotopic (exact) mass is 473 g/mol. The van der Waals surface area contributed by atoms with Crippen molar-refractivity contribution in [1.29, 1.82) is 0 Å². The van der Waals surface area contributed by atoms with E-state index in [0.29, 0.717) is 26.3 Å². The van der Waals surface area contributed by atoms with Crippen molar-refractivity contribution in [2.24, 2.45) is 0 Å². The summed E-state index contributed by atoms with van der Waals surface area (Å²) in [6.07, 6.45) is 7.07. The molecule has 0 bridgehead atoms. The van der Waals surface area contributed by atoms with Gasteiger partial charge in [0.05, 0.1) is 17.7 Å². The minimum atomic E-state index is -0.178. The van der Waals surface area contributed by atoms with Gasteiger partial charge in [-0.1, -0.05) is 58.0 Å². The molecule has 0 aliphatic carbocycles. The van der Waals surface area contributed by atoms with Crippen molar-refractivity contribution < 1.29 is 14.3 Å².